The highest BCUT2D eigenvalue weighted by Gasteiger charge is 2.39. The van der Waals surface area contributed by atoms with Gasteiger partial charge in [-0.25, -0.2) is 0 Å². The van der Waals surface area contributed by atoms with Crippen LogP contribution in [0, 0.1) is 0 Å². The minimum atomic E-state index is -0.275. The normalized spacial score (nSPS) is 12.7. The molecule has 0 unspecified atom stereocenters. The summed E-state index contributed by atoms with van der Waals surface area (Å²) in [5.74, 6) is 0. The molecule has 6 nitrogen and oxygen atoms in total. The van der Waals surface area contributed by atoms with Crippen LogP contribution in [0.1, 0.15) is 49.9 Å². The molecule has 6 heteroatoms. The van der Waals surface area contributed by atoms with Crippen molar-refractivity contribution in [1.82, 2.24) is 0 Å². The lowest BCUT2D eigenvalue weighted by atomic mass is 9.81. The summed E-state index contributed by atoms with van der Waals surface area (Å²) in [5, 5.41) is 22.1. The first-order valence-corrected chi connectivity index (χ1v) is 51.2. The molecule has 2 heterocycles. The molecule has 148 heavy (non-hydrogen) atoms. The Morgan fingerprint density at radius 3 is 0.770 bits per heavy atom. The SMILES string of the molecule is CC1(C)c2cc(-c3cccc4c3oc3ccccc34)ccc2-c2ccc(N(c3ccc(-c4ccc(N(c5ccccc5)c5cccc6ccccc56)cc4)cc3)c3ccc4c5ccccc5c5ccccc5c4c3)cc21.CC1(C)c2cc(-c3cccc4c3oc3ccccc34)ccc2-c2ccc(N(c3ccc(-c4ccc(N(c5ccccc5)c5ccccc5)cc4)cc3)c3ccc4c5ccccc5c5ccccc5c4c3)cc21. The smallest absolute Gasteiger partial charge is 0.143 e. The van der Waals surface area contributed by atoms with Gasteiger partial charge < -0.3 is 28.4 Å². The lowest BCUT2D eigenvalue weighted by molar-refractivity contribution is 0.660. The third-order valence-electron chi connectivity index (χ3n) is 31.5. The second kappa shape index (κ2) is 35.0. The third-order valence-corrected chi connectivity index (χ3v) is 31.5. The van der Waals surface area contributed by atoms with Gasteiger partial charge in [-0.2, -0.15) is 0 Å². The zero-order valence-corrected chi connectivity index (χ0v) is 82.3. The van der Waals surface area contributed by atoms with E-state index in [0.29, 0.717) is 0 Å². The van der Waals surface area contributed by atoms with E-state index in [1.807, 2.05) is 12.1 Å². The molecule has 0 amide bonds. The van der Waals surface area contributed by atoms with E-state index in [2.05, 4.69) is 557 Å². The van der Waals surface area contributed by atoms with E-state index >= 15 is 0 Å². The molecule has 2 aromatic heterocycles. The van der Waals surface area contributed by atoms with Gasteiger partial charge in [-0.15, -0.1) is 0 Å². The average Bonchev–Trinajstić information content (AvgIpc) is 1.57. The van der Waals surface area contributed by atoms with Crippen molar-refractivity contribution in [1.29, 1.82) is 0 Å². The van der Waals surface area contributed by atoms with Gasteiger partial charge in [-0.05, 0) is 312 Å². The summed E-state index contributed by atoms with van der Waals surface area (Å²) in [6.45, 7) is 9.52. The monoisotopic (exact) mass is 1890 g/mol. The van der Waals surface area contributed by atoms with Crippen molar-refractivity contribution in [3.63, 3.8) is 0 Å². The van der Waals surface area contributed by atoms with Crippen LogP contribution >= 0.6 is 0 Å². The number of anilines is 12. The first kappa shape index (κ1) is 87.0. The van der Waals surface area contributed by atoms with Crippen LogP contribution in [0.3, 0.4) is 0 Å². The number of rotatable bonds is 16. The van der Waals surface area contributed by atoms with Crippen molar-refractivity contribution in [2.24, 2.45) is 0 Å². The van der Waals surface area contributed by atoms with Crippen molar-refractivity contribution in [2.45, 2.75) is 38.5 Å². The summed E-state index contributed by atoms with van der Waals surface area (Å²) >= 11 is 0. The summed E-state index contributed by atoms with van der Waals surface area (Å²) in [6.07, 6.45) is 0. The van der Waals surface area contributed by atoms with Crippen LogP contribution in [0.2, 0.25) is 0 Å². The van der Waals surface area contributed by atoms with E-state index < -0.39 is 0 Å². The van der Waals surface area contributed by atoms with Crippen molar-refractivity contribution < 1.29 is 8.83 Å². The molecule has 25 aromatic carbocycles. The van der Waals surface area contributed by atoms with Gasteiger partial charge in [-0.3, -0.25) is 0 Å². The minimum absolute atomic E-state index is 0.269. The molecule has 698 valence electrons. The van der Waals surface area contributed by atoms with Gasteiger partial charge in [0.2, 0.25) is 0 Å². The Labute approximate surface area is 859 Å². The maximum absolute atomic E-state index is 6.55. The van der Waals surface area contributed by atoms with Crippen LogP contribution in [-0.4, -0.2) is 0 Å². The predicted molar refractivity (Wildman–Crippen MR) is 626 cm³/mol. The predicted octanol–water partition coefficient (Wildman–Crippen LogP) is 40.4. The van der Waals surface area contributed by atoms with Crippen LogP contribution < -0.4 is 19.6 Å². The summed E-state index contributed by atoms with van der Waals surface area (Å²) < 4.78 is 13.1. The molecule has 0 aliphatic heterocycles. The lowest BCUT2D eigenvalue weighted by Gasteiger charge is -2.29. The Kier molecular flexibility index (Phi) is 20.6. The fourth-order valence-corrected chi connectivity index (χ4v) is 24.2. The van der Waals surface area contributed by atoms with Gasteiger partial charge in [0.1, 0.15) is 22.3 Å². The Morgan fingerprint density at radius 1 is 0.149 bits per heavy atom. The molecule has 0 radical (unpaired) electrons. The van der Waals surface area contributed by atoms with Gasteiger partial charge in [0.05, 0.1) is 5.69 Å². The third kappa shape index (κ3) is 14.4. The number of hydrogen-bond acceptors (Lipinski definition) is 6. The zero-order chi connectivity index (χ0) is 98.4. The van der Waals surface area contributed by atoms with Crippen LogP contribution in [0.5, 0.6) is 0 Å². The van der Waals surface area contributed by atoms with E-state index in [4.69, 9.17) is 8.83 Å². The summed E-state index contributed by atoms with van der Waals surface area (Å²) in [6, 6.07) is 190. The van der Waals surface area contributed by atoms with Gasteiger partial charge in [-0.1, -0.05) is 386 Å². The van der Waals surface area contributed by atoms with E-state index in [1.54, 1.807) is 0 Å². The molecule has 0 atom stereocenters. The van der Waals surface area contributed by atoms with E-state index in [0.717, 1.165) is 157 Å². The molecule has 0 saturated carbocycles. The Bertz CT molecular complexity index is 9870. The van der Waals surface area contributed by atoms with Gasteiger partial charge >= 0.3 is 0 Å². The average molecular weight is 1890 g/mol. The van der Waals surface area contributed by atoms with Crippen LogP contribution in [0.15, 0.2) is 531 Å². The number of hydrogen-bond donors (Lipinski definition) is 0. The Hall–Kier alpha value is -18.9. The zero-order valence-electron chi connectivity index (χ0n) is 82.3. The Balaban J connectivity index is 0.000000143. The quantitative estimate of drug-likeness (QED) is 0.0898. The molecule has 29 rings (SSSR count). The number of benzene rings is 25. The van der Waals surface area contributed by atoms with Crippen molar-refractivity contribution in [3.05, 3.63) is 544 Å². The molecule has 27 aromatic rings. The van der Waals surface area contributed by atoms with Gasteiger partial charge in [0.25, 0.3) is 0 Å². The number of furan rings is 2. The van der Waals surface area contributed by atoms with E-state index in [9.17, 15) is 0 Å². The first-order chi connectivity index (χ1) is 72.9. The molecular formula is C142H98N4O2. The first-order valence-electron chi connectivity index (χ1n) is 51.2. The molecular weight excluding hydrogens is 1790 g/mol. The molecule has 2 aliphatic rings. The highest BCUT2D eigenvalue weighted by Crippen LogP contribution is 2.57. The topological polar surface area (TPSA) is 39.2 Å². The van der Waals surface area contributed by atoms with Gasteiger partial charge in [0.15, 0.2) is 0 Å². The second-order valence-electron chi connectivity index (χ2n) is 40.5. The molecule has 2 aliphatic carbocycles. The van der Waals surface area contributed by atoms with Crippen LogP contribution in [0.25, 0.3) is 186 Å². The molecule has 0 saturated heterocycles. The molecule has 0 bridgehead atoms. The standard InChI is InChI=1S/C73H50N2O.C69H48N2O/c1-73(2)68-44-50(57-26-15-27-66-65-25-12-13-29-71(65)76-72(57)66)34-41-63(68)64-43-40-55(46-69(64)73)74(54-39-42-62-60-23-9-8-21-58(60)59-22-10-11-24-61(59)67(62)45-54)52-35-30-47(31-36-52)48-32-37-53(38-33-48)75(51-18-4-3-5-19-51)70-28-14-17-49-16-6-7-20-56(49)70;1-69(2)65-42-47(54-25-15-26-63-62-24-13-14-27-67(62)72-68(54)63)32-39-60(65)61-41-38-53(44-66(61)69)71(52-37-40-59-57-22-10-9-20-55(57)56-21-11-12-23-58(56)64(59)43-52)51-35-30-46(31-36-51)45-28-33-50(34-29-45)70(48-16-5-3-6-17-48)49-18-7-4-8-19-49/h3-46H,1-2H3;3-44H,1-2H3. The summed E-state index contributed by atoms with van der Waals surface area (Å²) in [5.41, 5.74) is 36.1. The fourth-order valence-electron chi connectivity index (χ4n) is 24.2. The number of fused-ring (bicyclic) bond motifs is 25. The molecule has 0 fully saturated rings. The highest BCUT2D eigenvalue weighted by atomic mass is 16.3. The Morgan fingerprint density at radius 2 is 0.392 bits per heavy atom. The molecule has 0 spiro atoms. The summed E-state index contributed by atoms with van der Waals surface area (Å²) in [7, 11) is 0. The number of nitrogens with zero attached hydrogens (tertiary/aromatic N) is 4. The van der Waals surface area contributed by atoms with E-state index in [1.165, 1.54) is 120 Å². The number of para-hydroxylation sites is 7. The maximum Gasteiger partial charge on any atom is 0.143 e. The summed E-state index contributed by atoms with van der Waals surface area (Å²) in [4.78, 5) is 9.56. The van der Waals surface area contributed by atoms with Crippen LogP contribution in [-0.2, 0) is 10.8 Å². The largest absolute Gasteiger partial charge is 0.455 e. The highest BCUT2D eigenvalue weighted by molar-refractivity contribution is 6.28. The maximum atomic E-state index is 6.55. The van der Waals surface area contributed by atoms with Crippen molar-refractivity contribution in [3.8, 4) is 66.8 Å². The minimum Gasteiger partial charge on any atom is -0.455 e. The lowest BCUT2D eigenvalue weighted by Crippen LogP contribution is -2.16. The van der Waals surface area contributed by atoms with Crippen LogP contribution in [0.4, 0.5) is 68.2 Å². The van der Waals surface area contributed by atoms with Crippen molar-refractivity contribution in [2.75, 3.05) is 19.6 Å². The van der Waals surface area contributed by atoms with Crippen molar-refractivity contribution >= 4 is 188 Å². The fraction of sp³-hybridized carbons (Fsp3) is 0.0423. The molecule has 0 N–H and O–H groups in total. The van der Waals surface area contributed by atoms with Gasteiger partial charge in [0, 0.05) is 111 Å². The second-order valence-corrected chi connectivity index (χ2v) is 40.5. The van der Waals surface area contributed by atoms with E-state index in [-0.39, 0.29) is 10.8 Å².